The van der Waals surface area contributed by atoms with Crippen LogP contribution in [0.4, 0.5) is 26.3 Å². The van der Waals surface area contributed by atoms with Crippen molar-refractivity contribution in [3.8, 4) is 0 Å². The highest BCUT2D eigenvalue weighted by atomic mass is 19.4. The molecule has 0 rings (SSSR count). The number of ether oxygens (including phenoxy) is 2. The Balaban J connectivity index is 3.12. The predicted octanol–water partition coefficient (Wildman–Crippen LogP) is 4.09. The molecule has 8 heteroatoms. The zero-order valence-corrected chi connectivity index (χ0v) is 10.4. The molecule has 0 bridgehead atoms. The van der Waals surface area contributed by atoms with Crippen LogP contribution in [0.2, 0.25) is 0 Å². The summed E-state index contributed by atoms with van der Waals surface area (Å²) in [5, 5.41) is 0. The Morgan fingerprint density at radius 2 is 0.842 bits per heavy atom. The van der Waals surface area contributed by atoms with E-state index in [1.54, 1.807) is 0 Å². The summed E-state index contributed by atoms with van der Waals surface area (Å²) < 4.78 is 78.8. The smallest absolute Gasteiger partial charge is 0.372 e. The maximum Gasteiger partial charge on any atom is 0.411 e. The first kappa shape index (κ1) is 18.5. The van der Waals surface area contributed by atoms with Gasteiger partial charge in [0.1, 0.15) is 13.2 Å². The Morgan fingerprint density at radius 3 is 1.16 bits per heavy atom. The topological polar surface area (TPSA) is 18.5 Å². The summed E-state index contributed by atoms with van der Waals surface area (Å²) in [4.78, 5) is 0. The minimum Gasteiger partial charge on any atom is -0.372 e. The molecule has 0 saturated heterocycles. The van der Waals surface area contributed by atoms with Gasteiger partial charge in [0.05, 0.1) is 0 Å². The third-order valence-electron chi connectivity index (χ3n) is 2.11. The summed E-state index contributed by atoms with van der Waals surface area (Å²) >= 11 is 0. The lowest BCUT2D eigenvalue weighted by Gasteiger charge is -2.08. The van der Waals surface area contributed by atoms with Crippen LogP contribution < -0.4 is 0 Å². The van der Waals surface area contributed by atoms with Crippen molar-refractivity contribution in [2.24, 2.45) is 0 Å². The second-order valence-corrected chi connectivity index (χ2v) is 4.10. The van der Waals surface area contributed by atoms with Gasteiger partial charge in [-0.15, -0.1) is 0 Å². The Bertz CT molecular complexity index is 192. The van der Waals surface area contributed by atoms with E-state index in [1.807, 2.05) is 0 Å². The Morgan fingerprint density at radius 1 is 0.526 bits per heavy atom. The van der Waals surface area contributed by atoms with Crippen molar-refractivity contribution in [1.82, 2.24) is 0 Å². The number of rotatable bonds is 10. The molecule has 0 aliphatic heterocycles. The lowest BCUT2D eigenvalue weighted by Crippen LogP contribution is -2.17. The van der Waals surface area contributed by atoms with Gasteiger partial charge < -0.3 is 9.47 Å². The minimum absolute atomic E-state index is 0.0457. The number of hydrogen-bond acceptors (Lipinski definition) is 2. The highest BCUT2D eigenvalue weighted by molar-refractivity contribution is 4.49. The summed E-state index contributed by atoms with van der Waals surface area (Å²) in [5.74, 6) is 0. The first-order valence-electron chi connectivity index (χ1n) is 6.00. The van der Waals surface area contributed by atoms with Crippen LogP contribution in [0.15, 0.2) is 0 Å². The molecule has 0 amide bonds. The van der Waals surface area contributed by atoms with E-state index < -0.39 is 25.6 Å². The number of hydrogen-bond donors (Lipinski definition) is 0. The van der Waals surface area contributed by atoms with E-state index in [0.29, 0.717) is 25.7 Å². The quantitative estimate of drug-likeness (QED) is 0.446. The van der Waals surface area contributed by atoms with Crippen LogP contribution >= 0.6 is 0 Å². The van der Waals surface area contributed by atoms with Crippen LogP contribution in [0.5, 0.6) is 0 Å². The van der Waals surface area contributed by atoms with Gasteiger partial charge in [-0.25, -0.2) is 0 Å². The lowest BCUT2D eigenvalue weighted by molar-refractivity contribution is -0.174. The van der Waals surface area contributed by atoms with Gasteiger partial charge in [-0.05, 0) is 12.8 Å². The first-order valence-corrected chi connectivity index (χ1v) is 6.00. The molecule has 0 radical (unpaired) electrons. The zero-order valence-electron chi connectivity index (χ0n) is 10.4. The van der Waals surface area contributed by atoms with Crippen molar-refractivity contribution in [2.45, 2.75) is 44.5 Å². The van der Waals surface area contributed by atoms with Gasteiger partial charge in [0.25, 0.3) is 0 Å². The molecule has 0 aromatic carbocycles. The van der Waals surface area contributed by atoms with Crippen molar-refractivity contribution in [3.63, 3.8) is 0 Å². The third kappa shape index (κ3) is 17.5. The monoisotopic (exact) mass is 296 g/mol. The van der Waals surface area contributed by atoms with E-state index in [1.165, 1.54) is 0 Å². The average Bonchev–Trinajstić information content (AvgIpc) is 2.22. The molecule has 0 aliphatic carbocycles. The maximum atomic E-state index is 11.7. The SMILES string of the molecule is FC(F)(F)COCCCCCCCOCC(F)(F)F. The second kappa shape index (κ2) is 9.41. The van der Waals surface area contributed by atoms with Gasteiger partial charge in [0, 0.05) is 13.2 Å². The van der Waals surface area contributed by atoms with Crippen LogP contribution in [0, 0.1) is 0 Å². The fourth-order valence-corrected chi connectivity index (χ4v) is 1.31. The minimum atomic E-state index is -4.30. The van der Waals surface area contributed by atoms with E-state index in [-0.39, 0.29) is 13.2 Å². The summed E-state index contributed by atoms with van der Waals surface area (Å²) in [7, 11) is 0. The molecule has 0 aliphatic rings. The van der Waals surface area contributed by atoms with Crippen molar-refractivity contribution < 1.29 is 35.8 Å². The molecule has 0 atom stereocenters. The summed E-state index contributed by atoms with van der Waals surface area (Å²) in [6.07, 6.45) is -5.44. The van der Waals surface area contributed by atoms with E-state index >= 15 is 0 Å². The fraction of sp³-hybridized carbons (Fsp3) is 1.00. The van der Waals surface area contributed by atoms with Gasteiger partial charge in [0.15, 0.2) is 0 Å². The highest BCUT2D eigenvalue weighted by Crippen LogP contribution is 2.15. The van der Waals surface area contributed by atoms with Gasteiger partial charge in [-0.2, -0.15) is 26.3 Å². The van der Waals surface area contributed by atoms with Crippen LogP contribution in [0.1, 0.15) is 32.1 Å². The van der Waals surface area contributed by atoms with E-state index in [9.17, 15) is 26.3 Å². The summed E-state index contributed by atoms with van der Waals surface area (Å²) in [6, 6.07) is 0. The summed E-state index contributed by atoms with van der Waals surface area (Å²) in [6.45, 7) is -2.38. The molecule has 0 saturated carbocycles. The van der Waals surface area contributed by atoms with E-state index in [2.05, 4.69) is 9.47 Å². The predicted molar refractivity (Wildman–Crippen MR) is 56.8 cm³/mol. The van der Waals surface area contributed by atoms with Crippen molar-refractivity contribution in [3.05, 3.63) is 0 Å². The van der Waals surface area contributed by atoms with Gasteiger partial charge >= 0.3 is 12.4 Å². The van der Waals surface area contributed by atoms with Gasteiger partial charge in [0.2, 0.25) is 0 Å². The van der Waals surface area contributed by atoms with Crippen LogP contribution in [-0.2, 0) is 9.47 Å². The average molecular weight is 296 g/mol. The summed E-state index contributed by atoms with van der Waals surface area (Å²) in [5.41, 5.74) is 0. The van der Waals surface area contributed by atoms with E-state index in [4.69, 9.17) is 0 Å². The lowest BCUT2D eigenvalue weighted by atomic mass is 10.1. The Hall–Kier alpha value is -0.500. The Labute approximate surface area is 108 Å². The van der Waals surface area contributed by atoms with Gasteiger partial charge in [-0.3, -0.25) is 0 Å². The van der Waals surface area contributed by atoms with E-state index in [0.717, 1.165) is 6.42 Å². The largest absolute Gasteiger partial charge is 0.411 e. The molecular weight excluding hydrogens is 278 g/mol. The maximum absolute atomic E-state index is 11.7. The molecule has 116 valence electrons. The number of halogens is 6. The molecule has 0 aromatic rings. The molecule has 0 spiro atoms. The zero-order chi connectivity index (χ0) is 14.8. The fourth-order valence-electron chi connectivity index (χ4n) is 1.31. The standard InChI is InChI=1S/C11H18F6O2/c12-10(13,14)8-18-6-4-2-1-3-5-7-19-9-11(15,16)17/h1-9H2. The molecule has 0 unspecified atom stereocenters. The molecule has 0 N–H and O–H groups in total. The van der Waals surface area contributed by atoms with Crippen LogP contribution in [0.3, 0.4) is 0 Å². The highest BCUT2D eigenvalue weighted by Gasteiger charge is 2.27. The third-order valence-corrected chi connectivity index (χ3v) is 2.11. The molecule has 0 heterocycles. The van der Waals surface area contributed by atoms with Crippen molar-refractivity contribution >= 4 is 0 Å². The molecule has 19 heavy (non-hydrogen) atoms. The Kier molecular flexibility index (Phi) is 9.16. The molecule has 2 nitrogen and oxygen atoms in total. The normalized spacial score (nSPS) is 12.9. The molecule has 0 fully saturated rings. The molecular formula is C11H18F6O2. The number of unbranched alkanes of at least 4 members (excludes halogenated alkanes) is 4. The first-order chi connectivity index (χ1) is 8.71. The van der Waals surface area contributed by atoms with Crippen molar-refractivity contribution in [2.75, 3.05) is 26.4 Å². The number of alkyl halides is 6. The van der Waals surface area contributed by atoms with Crippen molar-refractivity contribution in [1.29, 1.82) is 0 Å². The van der Waals surface area contributed by atoms with Crippen LogP contribution in [-0.4, -0.2) is 38.8 Å². The van der Waals surface area contributed by atoms with Gasteiger partial charge in [-0.1, -0.05) is 19.3 Å². The second-order valence-electron chi connectivity index (χ2n) is 4.10. The van der Waals surface area contributed by atoms with Crippen LogP contribution in [0.25, 0.3) is 0 Å². The molecule has 0 aromatic heterocycles.